The zero-order valence-corrected chi connectivity index (χ0v) is 14.5. The minimum atomic E-state index is -3.61. The van der Waals surface area contributed by atoms with Crippen molar-refractivity contribution < 1.29 is 13.2 Å². The molecule has 1 amide bonds. The Kier molecular flexibility index (Phi) is 4.89. The van der Waals surface area contributed by atoms with Gasteiger partial charge in [-0.25, -0.2) is 13.1 Å². The van der Waals surface area contributed by atoms with Crippen molar-refractivity contribution in [2.45, 2.75) is 24.3 Å². The maximum Gasteiger partial charge on any atom is 0.240 e. The molecule has 0 saturated carbocycles. The van der Waals surface area contributed by atoms with Gasteiger partial charge in [0, 0.05) is 30.2 Å². The molecule has 3 rings (SSSR count). The van der Waals surface area contributed by atoms with E-state index in [0.717, 1.165) is 24.2 Å². The molecule has 7 heteroatoms. The monoisotopic (exact) mass is 364 g/mol. The van der Waals surface area contributed by atoms with E-state index in [0.29, 0.717) is 11.4 Å². The number of benzene rings is 2. The number of anilines is 1. The van der Waals surface area contributed by atoms with Crippen molar-refractivity contribution in [2.75, 3.05) is 11.4 Å². The minimum Gasteiger partial charge on any atom is -0.312 e. The molecule has 0 radical (unpaired) electrons. The van der Waals surface area contributed by atoms with Crippen LogP contribution in [-0.2, 0) is 21.4 Å². The van der Waals surface area contributed by atoms with E-state index in [4.69, 9.17) is 11.6 Å². The van der Waals surface area contributed by atoms with Crippen LogP contribution in [0.2, 0.25) is 5.02 Å². The Hall–Kier alpha value is -1.89. The first-order valence-corrected chi connectivity index (χ1v) is 9.46. The highest BCUT2D eigenvalue weighted by Crippen LogP contribution is 2.22. The highest BCUT2D eigenvalue weighted by Gasteiger charge is 2.21. The smallest absolute Gasteiger partial charge is 0.240 e. The number of rotatable bonds is 5. The van der Waals surface area contributed by atoms with E-state index in [1.54, 1.807) is 17.0 Å². The summed E-state index contributed by atoms with van der Waals surface area (Å²) in [6.45, 7) is 0.905. The Morgan fingerprint density at radius 3 is 2.50 bits per heavy atom. The summed E-state index contributed by atoms with van der Waals surface area (Å²) in [6.07, 6.45) is 1.46. The SMILES string of the molecule is O=C1CCCN1c1ccc(CNS(=O)(=O)c2cccc(Cl)c2)cc1. The van der Waals surface area contributed by atoms with Crippen LogP contribution in [0.25, 0.3) is 0 Å². The summed E-state index contributed by atoms with van der Waals surface area (Å²) in [5, 5.41) is 0.373. The Bertz CT molecular complexity index is 850. The fourth-order valence-electron chi connectivity index (χ4n) is 2.61. The lowest BCUT2D eigenvalue weighted by Crippen LogP contribution is -2.24. The molecule has 0 aliphatic carbocycles. The van der Waals surface area contributed by atoms with E-state index in [-0.39, 0.29) is 17.3 Å². The van der Waals surface area contributed by atoms with Gasteiger partial charge in [-0.2, -0.15) is 0 Å². The molecule has 24 heavy (non-hydrogen) atoms. The first-order chi connectivity index (χ1) is 11.5. The van der Waals surface area contributed by atoms with Crippen LogP contribution in [0.1, 0.15) is 18.4 Å². The third-order valence-electron chi connectivity index (χ3n) is 3.89. The summed E-state index contributed by atoms with van der Waals surface area (Å²) in [5.41, 5.74) is 1.66. The molecular formula is C17H17ClN2O3S. The van der Waals surface area contributed by atoms with Crippen molar-refractivity contribution >= 4 is 33.2 Å². The largest absolute Gasteiger partial charge is 0.312 e. The van der Waals surface area contributed by atoms with Gasteiger partial charge in [-0.05, 0) is 42.3 Å². The summed E-state index contributed by atoms with van der Waals surface area (Å²) >= 11 is 5.84. The van der Waals surface area contributed by atoms with Crippen LogP contribution in [0.4, 0.5) is 5.69 Å². The molecular weight excluding hydrogens is 348 g/mol. The average Bonchev–Trinajstić information content (AvgIpc) is 3.00. The number of hydrogen-bond donors (Lipinski definition) is 1. The summed E-state index contributed by atoms with van der Waals surface area (Å²) in [5.74, 6) is 0.129. The van der Waals surface area contributed by atoms with Crippen LogP contribution < -0.4 is 9.62 Å². The Labute approximate surface area is 146 Å². The van der Waals surface area contributed by atoms with Gasteiger partial charge in [0.15, 0.2) is 0 Å². The first kappa shape index (κ1) is 17.0. The quantitative estimate of drug-likeness (QED) is 0.887. The normalized spacial score (nSPS) is 15.0. The molecule has 5 nitrogen and oxygen atoms in total. The number of amides is 1. The lowest BCUT2D eigenvalue weighted by molar-refractivity contribution is -0.117. The number of sulfonamides is 1. The number of carbonyl (C=O) groups excluding carboxylic acids is 1. The van der Waals surface area contributed by atoms with Crippen LogP contribution in [0.15, 0.2) is 53.4 Å². The summed E-state index contributed by atoms with van der Waals surface area (Å²) in [7, 11) is -3.61. The predicted octanol–water partition coefficient (Wildman–Crippen LogP) is 2.95. The number of halogens is 1. The molecule has 1 N–H and O–H groups in total. The zero-order chi connectivity index (χ0) is 17.2. The van der Waals surface area contributed by atoms with Gasteiger partial charge in [0.2, 0.25) is 15.9 Å². The molecule has 126 valence electrons. The number of nitrogens with one attached hydrogen (secondary N) is 1. The third kappa shape index (κ3) is 3.77. The maximum absolute atomic E-state index is 12.3. The summed E-state index contributed by atoms with van der Waals surface area (Å²) in [4.78, 5) is 13.6. The molecule has 1 aliphatic rings. The Balaban J connectivity index is 1.67. The highest BCUT2D eigenvalue weighted by molar-refractivity contribution is 7.89. The second-order valence-electron chi connectivity index (χ2n) is 5.60. The lowest BCUT2D eigenvalue weighted by Gasteiger charge is -2.16. The second-order valence-corrected chi connectivity index (χ2v) is 7.80. The van der Waals surface area contributed by atoms with Gasteiger partial charge in [0.25, 0.3) is 0 Å². The maximum atomic E-state index is 12.3. The molecule has 0 unspecified atom stereocenters. The summed E-state index contributed by atoms with van der Waals surface area (Å²) < 4.78 is 27.1. The first-order valence-electron chi connectivity index (χ1n) is 7.60. The molecule has 1 aliphatic heterocycles. The van der Waals surface area contributed by atoms with Crippen molar-refractivity contribution in [1.82, 2.24) is 4.72 Å². The molecule has 0 bridgehead atoms. The van der Waals surface area contributed by atoms with Crippen LogP contribution >= 0.6 is 11.6 Å². The van der Waals surface area contributed by atoms with E-state index in [1.807, 2.05) is 24.3 Å². The van der Waals surface area contributed by atoms with Crippen LogP contribution in [-0.4, -0.2) is 20.9 Å². The van der Waals surface area contributed by atoms with Crippen LogP contribution in [0.3, 0.4) is 0 Å². The van der Waals surface area contributed by atoms with E-state index < -0.39 is 10.0 Å². The number of carbonyl (C=O) groups is 1. The molecule has 2 aromatic carbocycles. The molecule has 1 heterocycles. The molecule has 0 atom stereocenters. The minimum absolute atomic E-state index is 0.129. The Morgan fingerprint density at radius 2 is 1.88 bits per heavy atom. The van der Waals surface area contributed by atoms with Crippen LogP contribution in [0.5, 0.6) is 0 Å². The van der Waals surface area contributed by atoms with E-state index in [1.165, 1.54) is 12.1 Å². The van der Waals surface area contributed by atoms with Gasteiger partial charge in [0.05, 0.1) is 4.90 Å². The fourth-order valence-corrected chi connectivity index (χ4v) is 3.93. The number of hydrogen-bond acceptors (Lipinski definition) is 3. The fraction of sp³-hybridized carbons (Fsp3) is 0.235. The van der Waals surface area contributed by atoms with E-state index in [9.17, 15) is 13.2 Å². The van der Waals surface area contributed by atoms with Gasteiger partial charge in [-0.3, -0.25) is 4.79 Å². The standard InChI is InChI=1S/C17H17ClN2O3S/c18-14-3-1-4-16(11-14)24(22,23)19-12-13-6-8-15(9-7-13)20-10-2-5-17(20)21/h1,3-4,6-9,11,19H,2,5,10,12H2. The van der Waals surface area contributed by atoms with Crippen molar-refractivity contribution in [1.29, 1.82) is 0 Å². The lowest BCUT2D eigenvalue weighted by atomic mass is 10.2. The molecule has 1 saturated heterocycles. The van der Waals surface area contributed by atoms with E-state index >= 15 is 0 Å². The van der Waals surface area contributed by atoms with Gasteiger partial charge in [-0.15, -0.1) is 0 Å². The molecule has 0 aromatic heterocycles. The van der Waals surface area contributed by atoms with Gasteiger partial charge >= 0.3 is 0 Å². The molecule has 0 spiro atoms. The van der Waals surface area contributed by atoms with Crippen molar-refractivity contribution in [3.63, 3.8) is 0 Å². The van der Waals surface area contributed by atoms with Gasteiger partial charge in [0.1, 0.15) is 0 Å². The molecule has 1 fully saturated rings. The number of nitrogens with zero attached hydrogens (tertiary/aromatic N) is 1. The van der Waals surface area contributed by atoms with E-state index in [2.05, 4.69) is 4.72 Å². The summed E-state index contributed by atoms with van der Waals surface area (Å²) in [6, 6.07) is 13.4. The van der Waals surface area contributed by atoms with Crippen molar-refractivity contribution in [3.8, 4) is 0 Å². The molecule has 2 aromatic rings. The van der Waals surface area contributed by atoms with Crippen molar-refractivity contribution in [2.24, 2.45) is 0 Å². The third-order valence-corrected chi connectivity index (χ3v) is 5.53. The predicted molar refractivity (Wildman–Crippen MR) is 93.5 cm³/mol. The van der Waals surface area contributed by atoms with Crippen molar-refractivity contribution in [3.05, 3.63) is 59.1 Å². The van der Waals surface area contributed by atoms with Gasteiger partial charge in [-0.1, -0.05) is 29.8 Å². The second kappa shape index (κ2) is 6.93. The Morgan fingerprint density at radius 1 is 1.12 bits per heavy atom. The topological polar surface area (TPSA) is 66.5 Å². The van der Waals surface area contributed by atoms with Gasteiger partial charge < -0.3 is 4.90 Å². The van der Waals surface area contributed by atoms with Crippen LogP contribution in [0, 0.1) is 0 Å². The highest BCUT2D eigenvalue weighted by atomic mass is 35.5. The zero-order valence-electron chi connectivity index (χ0n) is 12.9. The average molecular weight is 365 g/mol.